The highest BCUT2D eigenvalue weighted by molar-refractivity contribution is 7.89. The van der Waals surface area contributed by atoms with Gasteiger partial charge in [0.15, 0.2) is 18.1 Å². The van der Waals surface area contributed by atoms with Gasteiger partial charge < -0.3 is 19.5 Å². The second kappa shape index (κ2) is 9.92. The summed E-state index contributed by atoms with van der Waals surface area (Å²) in [5, 5.41) is 2.73. The van der Waals surface area contributed by atoms with Crippen LogP contribution in [0.4, 0.5) is 5.69 Å². The zero-order valence-corrected chi connectivity index (χ0v) is 17.9. The van der Waals surface area contributed by atoms with Crippen LogP contribution in [-0.2, 0) is 19.6 Å². The Hall–Kier alpha value is -2.62. The van der Waals surface area contributed by atoms with Gasteiger partial charge in [-0.2, -0.15) is 4.31 Å². The molecule has 1 heterocycles. The van der Waals surface area contributed by atoms with Gasteiger partial charge in [-0.05, 0) is 43.7 Å². The Labute approximate surface area is 176 Å². The van der Waals surface area contributed by atoms with Crippen molar-refractivity contribution in [3.63, 3.8) is 0 Å². The summed E-state index contributed by atoms with van der Waals surface area (Å²) in [6, 6.07) is 11.8. The second-order valence-corrected chi connectivity index (χ2v) is 8.65. The van der Waals surface area contributed by atoms with Crippen molar-refractivity contribution in [2.45, 2.75) is 18.7 Å². The molecule has 0 unspecified atom stereocenters. The van der Waals surface area contributed by atoms with E-state index in [1.807, 2.05) is 13.0 Å². The van der Waals surface area contributed by atoms with Crippen LogP contribution in [0.25, 0.3) is 0 Å². The Morgan fingerprint density at radius 2 is 1.77 bits per heavy atom. The number of nitrogens with zero attached hydrogens (tertiary/aromatic N) is 1. The molecule has 1 saturated heterocycles. The minimum absolute atomic E-state index is 0.132. The molecule has 30 heavy (non-hydrogen) atoms. The highest BCUT2D eigenvalue weighted by Crippen LogP contribution is 2.27. The van der Waals surface area contributed by atoms with Crippen molar-refractivity contribution in [3.8, 4) is 11.5 Å². The molecule has 0 spiro atoms. The van der Waals surface area contributed by atoms with Crippen LogP contribution in [-0.4, -0.2) is 58.1 Å². The van der Waals surface area contributed by atoms with E-state index in [2.05, 4.69) is 5.32 Å². The molecule has 0 saturated carbocycles. The number of rotatable bonds is 8. The number of carbonyl (C=O) groups is 1. The van der Waals surface area contributed by atoms with Crippen LogP contribution in [0, 0.1) is 6.92 Å². The first-order valence-electron chi connectivity index (χ1n) is 9.75. The molecule has 1 aliphatic rings. The number of sulfonamides is 1. The second-order valence-electron chi connectivity index (χ2n) is 6.71. The summed E-state index contributed by atoms with van der Waals surface area (Å²) in [5.74, 6) is 0.628. The van der Waals surface area contributed by atoms with Crippen molar-refractivity contribution in [2.24, 2.45) is 0 Å². The van der Waals surface area contributed by atoms with E-state index in [1.54, 1.807) is 37.3 Å². The SMILES string of the molecule is CCOc1ccccc1OCC(=O)Nc1cc(S(=O)(=O)N2CCOCC2)ccc1C. The van der Waals surface area contributed by atoms with Gasteiger partial charge in [0, 0.05) is 18.8 Å². The molecule has 8 nitrogen and oxygen atoms in total. The third-order valence-electron chi connectivity index (χ3n) is 4.60. The maximum Gasteiger partial charge on any atom is 0.262 e. The average molecular weight is 435 g/mol. The van der Waals surface area contributed by atoms with E-state index in [1.165, 1.54) is 10.4 Å². The zero-order valence-electron chi connectivity index (χ0n) is 17.1. The average Bonchev–Trinajstić information content (AvgIpc) is 2.75. The number of amides is 1. The van der Waals surface area contributed by atoms with E-state index < -0.39 is 15.9 Å². The molecule has 9 heteroatoms. The lowest BCUT2D eigenvalue weighted by molar-refractivity contribution is -0.118. The molecule has 1 amide bonds. The Balaban J connectivity index is 1.69. The van der Waals surface area contributed by atoms with Crippen LogP contribution in [0.2, 0.25) is 0 Å². The van der Waals surface area contributed by atoms with Crippen LogP contribution in [0.5, 0.6) is 11.5 Å². The van der Waals surface area contributed by atoms with Gasteiger partial charge in [0.1, 0.15) is 0 Å². The lowest BCUT2D eigenvalue weighted by atomic mass is 10.2. The van der Waals surface area contributed by atoms with Gasteiger partial charge in [0.05, 0.1) is 24.7 Å². The fraction of sp³-hybridized carbons (Fsp3) is 0.381. The van der Waals surface area contributed by atoms with Gasteiger partial charge in [0.25, 0.3) is 5.91 Å². The normalized spacial score (nSPS) is 14.9. The molecule has 0 aromatic heterocycles. The number of hydrogen-bond donors (Lipinski definition) is 1. The van der Waals surface area contributed by atoms with Crippen molar-refractivity contribution in [3.05, 3.63) is 48.0 Å². The Morgan fingerprint density at radius 3 is 2.43 bits per heavy atom. The third-order valence-corrected chi connectivity index (χ3v) is 6.49. The molecular weight excluding hydrogens is 408 g/mol. The van der Waals surface area contributed by atoms with E-state index in [4.69, 9.17) is 14.2 Å². The van der Waals surface area contributed by atoms with Gasteiger partial charge in [-0.3, -0.25) is 4.79 Å². The smallest absolute Gasteiger partial charge is 0.262 e. The van der Waals surface area contributed by atoms with Gasteiger partial charge >= 0.3 is 0 Å². The van der Waals surface area contributed by atoms with Crippen molar-refractivity contribution < 1.29 is 27.4 Å². The van der Waals surface area contributed by atoms with Gasteiger partial charge in [-0.15, -0.1) is 0 Å². The highest BCUT2D eigenvalue weighted by Gasteiger charge is 2.27. The maximum absolute atomic E-state index is 12.9. The van der Waals surface area contributed by atoms with Crippen LogP contribution in [0.1, 0.15) is 12.5 Å². The molecule has 1 aliphatic heterocycles. The summed E-state index contributed by atoms with van der Waals surface area (Å²) < 4.78 is 43.4. The summed E-state index contributed by atoms with van der Waals surface area (Å²) in [5.41, 5.74) is 1.18. The third kappa shape index (κ3) is 5.29. The molecule has 0 aliphatic carbocycles. The zero-order chi connectivity index (χ0) is 21.6. The van der Waals surface area contributed by atoms with Crippen molar-refractivity contribution >= 4 is 21.6 Å². The van der Waals surface area contributed by atoms with Crippen LogP contribution in [0.3, 0.4) is 0 Å². The Bertz CT molecular complexity index is 987. The number of nitrogens with one attached hydrogen (secondary N) is 1. The number of aryl methyl sites for hydroxylation is 1. The lowest BCUT2D eigenvalue weighted by Gasteiger charge is -2.26. The summed E-state index contributed by atoms with van der Waals surface area (Å²) >= 11 is 0. The molecule has 2 aromatic carbocycles. The largest absolute Gasteiger partial charge is 0.490 e. The number of carbonyl (C=O) groups excluding carboxylic acids is 1. The molecule has 0 atom stereocenters. The summed E-state index contributed by atoms with van der Waals surface area (Å²) in [6.45, 7) is 5.27. The van der Waals surface area contributed by atoms with E-state index in [-0.39, 0.29) is 11.5 Å². The first-order chi connectivity index (χ1) is 14.4. The van der Waals surface area contributed by atoms with E-state index in [9.17, 15) is 13.2 Å². The van der Waals surface area contributed by atoms with E-state index in [0.717, 1.165) is 5.56 Å². The van der Waals surface area contributed by atoms with Crippen LogP contribution < -0.4 is 14.8 Å². The molecular formula is C21H26N2O6S. The first-order valence-corrected chi connectivity index (χ1v) is 11.2. The first kappa shape index (κ1) is 22.1. The Morgan fingerprint density at radius 1 is 1.10 bits per heavy atom. The predicted octanol–water partition coefficient (Wildman–Crippen LogP) is 2.43. The quantitative estimate of drug-likeness (QED) is 0.686. The molecule has 0 bridgehead atoms. The fourth-order valence-corrected chi connectivity index (χ4v) is 4.44. The minimum atomic E-state index is -3.65. The minimum Gasteiger partial charge on any atom is -0.490 e. The van der Waals surface area contributed by atoms with Crippen LogP contribution >= 0.6 is 0 Å². The lowest BCUT2D eigenvalue weighted by Crippen LogP contribution is -2.40. The van der Waals surface area contributed by atoms with Crippen molar-refractivity contribution in [1.29, 1.82) is 0 Å². The number of ether oxygens (including phenoxy) is 3. The molecule has 1 N–H and O–H groups in total. The number of morpholine rings is 1. The van der Waals surface area contributed by atoms with Crippen LogP contribution in [0.15, 0.2) is 47.4 Å². The van der Waals surface area contributed by atoms with E-state index in [0.29, 0.717) is 50.1 Å². The van der Waals surface area contributed by atoms with Crippen molar-refractivity contribution in [1.82, 2.24) is 4.31 Å². The topological polar surface area (TPSA) is 94.2 Å². The monoisotopic (exact) mass is 434 g/mol. The molecule has 2 aromatic rings. The van der Waals surface area contributed by atoms with Gasteiger partial charge in [-0.25, -0.2) is 8.42 Å². The summed E-state index contributed by atoms with van der Waals surface area (Å²) in [7, 11) is -3.65. The van der Waals surface area contributed by atoms with E-state index >= 15 is 0 Å². The summed E-state index contributed by atoms with van der Waals surface area (Å²) in [6.07, 6.45) is 0. The Kier molecular flexibility index (Phi) is 7.30. The summed E-state index contributed by atoms with van der Waals surface area (Å²) in [4.78, 5) is 12.5. The maximum atomic E-state index is 12.9. The molecule has 3 rings (SSSR count). The van der Waals surface area contributed by atoms with Gasteiger partial charge in [0.2, 0.25) is 10.0 Å². The molecule has 1 fully saturated rings. The number of para-hydroxylation sites is 2. The molecule has 162 valence electrons. The number of anilines is 1. The number of benzene rings is 2. The number of hydrogen-bond acceptors (Lipinski definition) is 6. The van der Waals surface area contributed by atoms with Gasteiger partial charge in [-0.1, -0.05) is 18.2 Å². The highest BCUT2D eigenvalue weighted by atomic mass is 32.2. The fourth-order valence-electron chi connectivity index (χ4n) is 3.01. The van der Waals surface area contributed by atoms with Crippen molar-refractivity contribution in [2.75, 3.05) is 44.8 Å². The predicted molar refractivity (Wildman–Crippen MR) is 112 cm³/mol. The standard InChI is InChI=1S/C21H26N2O6S/c1-3-28-19-6-4-5-7-20(19)29-15-21(24)22-18-14-17(9-8-16(18)2)30(25,26)23-10-12-27-13-11-23/h4-9,14H,3,10-13,15H2,1-2H3,(H,22,24). The molecule has 0 radical (unpaired) electrons.